The second-order valence-electron chi connectivity index (χ2n) is 14.3. The minimum atomic E-state index is -0.0768. The smallest absolute Gasteiger partial charge is 0.306 e. The van der Waals surface area contributed by atoms with E-state index in [9.17, 15) is 4.79 Å². The van der Waals surface area contributed by atoms with E-state index in [0.29, 0.717) is 13.0 Å². The van der Waals surface area contributed by atoms with Gasteiger partial charge in [-0.25, -0.2) is 0 Å². The molecule has 0 saturated carbocycles. The number of ether oxygens (including phenoxy) is 1. The van der Waals surface area contributed by atoms with Crippen LogP contribution in [-0.2, 0) is 9.53 Å². The van der Waals surface area contributed by atoms with Crippen molar-refractivity contribution in [3.63, 3.8) is 0 Å². The van der Waals surface area contributed by atoms with Crippen LogP contribution in [0.15, 0.2) is 83.1 Å². The van der Waals surface area contributed by atoms with Gasteiger partial charge in [0.1, 0.15) is 6.61 Å². The van der Waals surface area contributed by atoms with Gasteiger partial charge in [-0.05, 0) is 95.6 Å². The van der Waals surface area contributed by atoms with E-state index in [1.165, 1.54) is 126 Å². The van der Waals surface area contributed by atoms with Crippen LogP contribution in [-0.4, -0.2) is 12.6 Å². The second kappa shape index (κ2) is 27.7. The van der Waals surface area contributed by atoms with E-state index in [2.05, 4.69) is 96.2 Å². The minimum Gasteiger partial charge on any atom is -0.461 e. The lowest BCUT2D eigenvalue weighted by atomic mass is 9.72. The van der Waals surface area contributed by atoms with Crippen LogP contribution in [0.2, 0.25) is 0 Å². The van der Waals surface area contributed by atoms with Gasteiger partial charge in [0.2, 0.25) is 0 Å². The molecule has 1 rings (SSSR count). The Bertz CT molecular complexity index is 1010. The van der Waals surface area contributed by atoms with Gasteiger partial charge in [-0.2, -0.15) is 0 Å². The monoisotopic (exact) mass is 633 g/mol. The predicted molar refractivity (Wildman–Crippen MR) is 204 cm³/mol. The van der Waals surface area contributed by atoms with Gasteiger partial charge in [0.05, 0.1) is 0 Å². The Balaban J connectivity index is 2.00. The summed E-state index contributed by atoms with van der Waals surface area (Å²) in [6, 6.07) is 0. The molecule has 260 valence electrons. The SMILES string of the molecule is CCCCCCC/C=C\C/C=C\CCCCCCCCCCCC(=O)OC/C=C(C)/C=C/C=C(C)/C=C/C1=C(C)CCCC1(C)C. The number of carbonyl (C=O) groups is 1. The largest absolute Gasteiger partial charge is 0.461 e. The molecule has 0 atom stereocenters. The summed E-state index contributed by atoms with van der Waals surface area (Å²) >= 11 is 0. The average molecular weight is 633 g/mol. The highest BCUT2D eigenvalue weighted by Gasteiger charge is 2.26. The summed E-state index contributed by atoms with van der Waals surface area (Å²) in [5.41, 5.74) is 5.64. The minimum absolute atomic E-state index is 0.0768. The van der Waals surface area contributed by atoms with E-state index in [4.69, 9.17) is 4.74 Å². The Labute approximate surface area is 286 Å². The van der Waals surface area contributed by atoms with E-state index in [0.717, 1.165) is 24.8 Å². The molecule has 0 unspecified atom stereocenters. The lowest BCUT2D eigenvalue weighted by Gasteiger charge is -2.32. The van der Waals surface area contributed by atoms with Crippen LogP contribution in [0.1, 0.15) is 176 Å². The van der Waals surface area contributed by atoms with Gasteiger partial charge < -0.3 is 4.74 Å². The fourth-order valence-electron chi connectivity index (χ4n) is 6.18. The molecule has 0 N–H and O–H groups in total. The number of unbranched alkanes of at least 4 members (excludes halogenated alkanes) is 14. The molecule has 0 saturated heterocycles. The Hall–Kier alpha value is -2.35. The van der Waals surface area contributed by atoms with Crippen LogP contribution in [0, 0.1) is 5.41 Å². The topological polar surface area (TPSA) is 26.3 Å². The molecule has 0 aromatic rings. The fraction of sp³-hybridized carbons (Fsp3) is 0.659. The van der Waals surface area contributed by atoms with Gasteiger partial charge in [-0.3, -0.25) is 4.79 Å². The molecule has 0 aliphatic heterocycles. The summed E-state index contributed by atoms with van der Waals surface area (Å²) in [6.07, 6.45) is 48.2. The molecule has 0 bridgehead atoms. The molecule has 1 aliphatic rings. The fourth-order valence-corrected chi connectivity index (χ4v) is 6.18. The number of esters is 1. The molecular weight excluding hydrogens is 560 g/mol. The standard InChI is InChI=1S/C44H72O2/c1-7-8-9-10-11-12-13-14-15-16-17-18-19-20-21-22-23-24-25-26-27-33-43(45)46-38-36-40(3)31-28-30-39(2)34-35-42-41(4)32-29-37-44(42,5)6/h13-14,16-17,28,30-31,34-36H,7-12,15,18-27,29,32-33,37-38H2,1-6H3/b14-13-,17-16-,31-28+,35-34+,39-30+,40-36+. The predicted octanol–water partition coefficient (Wildman–Crippen LogP) is 14.2. The molecule has 1 aliphatic carbocycles. The van der Waals surface area contributed by atoms with Crippen LogP contribution in [0.4, 0.5) is 0 Å². The van der Waals surface area contributed by atoms with Crippen molar-refractivity contribution in [1.82, 2.24) is 0 Å². The third kappa shape index (κ3) is 23.0. The summed E-state index contributed by atoms with van der Waals surface area (Å²) < 4.78 is 5.43. The average Bonchev–Trinajstić information content (AvgIpc) is 3.01. The van der Waals surface area contributed by atoms with Crippen molar-refractivity contribution in [3.8, 4) is 0 Å². The number of rotatable bonds is 26. The summed E-state index contributed by atoms with van der Waals surface area (Å²) in [4.78, 5) is 12.1. The highest BCUT2D eigenvalue weighted by atomic mass is 16.5. The van der Waals surface area contributed by atoms with Crippen LogP contribution in [0.25, 0.3) is 0 Å². The molecule has 0 heterocycles. The van der Waals surface area contributed by atoms with Crippen molar-refractivity contribution in [2.75, 3.05) is 6.61 Å². The van der Waals surface area contributed by atoms with E-state index in [1.807, 2.05) is 6.08 Å². The summed E-state index contributed by atoms with van der Waals surface area (Å²) in [7, 11) is 0. The van der Waals surface area contributed by atoms with Crippen molar-refractivity contribution < 1.29 is 9.53 Å². The Kier molecular flexibility index (Phi) is 25.1. The van der Waals surface area contributed by atoms with Crippen molar-refractivity contribution in [2.24, 2.45) is 5.41 Å². The number of hydrogen-bond donors (Lipinski definition) is 0. The third-order valence-corrected chi connectivity index (χ3v) is 9.25. The molecular formula is C44H72O2. The second-order valence-corrected chi connectivity index (χ2v) is 14.3. The van der Waals surface area contributed by atoms with Gasteiger partial charge in [0.25, 0.3) is 0 Å². The van der Waals surface area contributed by atoms with Gasteiger partial charge in [-0.15, -0.1) is 0 Å². The van der Waals surface area contributed by atoms with Crippen molar-refractivity contribution in [1.29, 1.82) is 0 Å². The maximum atomic E-state index is 12.1. The van der Waals surface area contributed by atoms with Crippen molar-refractivity contribution in [3.05, 3.63) is 83.1 Å². The van der Waals surface area contributed by atoms with Crippen molar-refractivity contribution in [2.45, 2.75) is 176 Å². The van der Waals surface area contributed by atoms with E-state index in [-0.39, 0.29) is 11.4 Å². The quantitative estimate of drug-likeness (QED) is 0.0410. The van der Waals surface area contributed by atoms with Crippen LogP contribution in [0.5, 0.6) is 0 Å². The lowest BCUT2D eigenvalue weighted by Crippen LogP contribution is -2.19. The van der Waals surface area contributed by atoms with Gasteiger partial charge >= 0.3 is 5.97 Å². The van der Waals surface area contributed by atoms with Crippen LogP contribution < -0.4 is 0 Å². The van der Waals surface area contributed by atoms with Gasteiger partial charge in [-0.1, -0.05) is 163 Å². The molecule has 0 aromatic carbocycles. The molecule has 0 spiro atoms. The van der Waals surface area contributed by atoms with Gasteiger partial charge in [0, 0.05) is 6.42 Å². The first-order chi connectivity index (χ1) is 22.3. The first kappa shape index (κ1) is 41.7. The number of carbonyl (C=O) groups excluding carboxylic acids is 1. The van der Waals surface area contributed by atoms with Crippen LogP contribution >= 0.6 is 0 Å². The Morgan fingerprint density at radius 3 is 1.96 bits per heavy atom. The van der Waals surface area contributed by atoms with E-state index >= 15 is 0 Å². The van der Waals surface area contributed by atoms with E-state index < -0.39 is 0 Å². The molecule has 0 radical (unpaired) electrons. The maximum Gasteiger partial charge on any atom is 0.306 e. The Morgan fingerprint density at radius 1 is 0.761 bits per heavy atom. The third-order valence-electron chi connectivity index (χ3n) is 9.25. The molecule has 0 amide bonds. The molecule has 0 aromatic heterocycles. The van der Waals surface area contributed by atoms with Gasteiger partial charge in [0.15, 0.2) is 0 Å². The maximum absolute atomic E-state index is 12.1. The van der Waals surface area contributed by atoms with Crippen molar-refractivity contribution >= 4 is 5.97 Å². The zero-order valence-electron chi connectivity index (χ0n) is 31.1. The zero-order valence-corrected chi connectivity index (χ0v) is 31.1. The zero-order chi connectivity index (χ0) is 33.7. The Morgan fingerprint density at radius 2 is 1.35 bits per heavy atom. The van der Waals surface area contributed by atoms with E-state index in [1.54, 1.807) is 0 Å². The molecule has 46 heavy (non-hydrogen) atoms. The first-order valence-electron chi connectivity index (χ1n) is 19.1. The normalized spacial score (nSPS) is 16.2. The summed E-state index contributed by atoms with van der Waals surface area (Å²) in [5, 5.41) is 0. The summed E-state index contributed by atoms with van der Waals surface area (Å²) in [6.45, 7) is 13.8. The number of allylic oxidation sites excluding steroid dienone is 13. The summed E-state index contributed by atoms with van der Waals surface area (Å²) in [5.74, 6) is -0.0768. The highest BCUT2D eigenvalue weighted by Crippen LogP contribution is 2.40. The first-order valence-corrected chi connectivity index (χ1v) is 19.1. The van der Waals surface area contributed by atoms with Crippen LogP contribution in [0.3, 0.4) is 0 Å². The molecule has 0 fully saturated rings. The molecule has 2 nitrogen and oxygen atoms in total. The number of hydrogen-bond acceptors (Lipinski definition) is 2. The highest BCUT2D eigenvalue weighted by molar-refractivity contribution is 5.69. The molecule has 2 heteroatoms. The lowest BCUT2D eigenvalue weighted by molar-refractivity contribution is -0.142.